The number of hydrogen-bond acceptors (Lipinski definition) is 6. The minimum Gasteiger partial charge on any atom is -0.389 e. The van der Waals surface area contributed by atoms with Crippen molar-refractivity contribution in [2.75, 3.05) is 59.1 Å². The number of ether oxygens (including phenoxy) is 2. The molecule has 0 amide bonds. The second-order valence-corrected chi connectivity index (χ2v) is 6.30. The molecule has 1 rings (SSSR count). The van der Waals surface area contributed by atoms with Crippen LogP contribution in [0.4, 0.5) is 0 Å². The molecule has 0 radical (unpaired) electrons. The molecule has 0 aromatic rings. The fourth-order valence-electron chi connectivity index (χ4n) is 2.65. The number of aliphatic hydroxyl groups excluding tert-OH is 2. The van der Waals surface area contributed by atoms with Gasteiger partial charge in [0.1, 0.15) is 0 Å². The van der Waals surface area contributed by atoms with Gasteiger partial charge >= 0.3 is 0 Å². The van der Waals surface area contributed by atoms with E-state index in [4.69, 9.17) is 9.47 Å². The molecule has 132 valence electrons. The van der Waals surface area contributed by atoms with Crippen molar-refractivity contribution < 1.29 is 19.7 Å². The molecule has 1 aliphatic rings. The molecule has 2 unspecified atom stereocenters. The van der Waals surface area contributed by atoms with Crippen LogP contribution in [0.2, 0.25) is 0 Å². The predicted molar refractivity (Wildman–Crippen MR) is 87.1 cm³/mol. The summed E-state index contributed by atoms with van der Waals surface area (Å²) < 4.78 is 10.7. The average Bonchev–Trinajstić information content (AvgIpc) is 2.68. The van der Waals surface area contributed by atoms with E-state index in [2.05, 4.69) is 9.80 Å². The highest BCUT2D eigenvalue weighted by atomic mass is 16.5. The first-order valence-corrected chi connectivity index (χ1v) is 8.51. The molecule has 22 heavy (non-hydrogen) atoms. The number of nitrogens with zero attached hydrogens (tertiary/aromatic N) is 2. The smallest absolute Gasteiger partial charge is 0.0900 e. The van der Waals surface area contributed by atoms with Crippen molar-refractivity contribution >= 4 is 0 Å². The molecular weight excluding hydrogens is 284 g/mol. The van der Waals surface area contributed by atoms with E-state index in [0.717, 1.165) is 32.6 Å². The summed E-state index contributed by atoms with van der Waals surface area (Å²) in [6.07, 6.45) is 0.356. The third-order valence-electron chi connectivity index (χ3n) is 3.76. The highest BCUT2D eigenvalue weighted by molar-refractivity contribution is 4.74. The molecule has 1 aliphatic heterocycles. The first-order valence-electron chi connectivity index (χ1n) is 8.51. The van der Waals surface area contributed by atoms with E-state index < -0.39 is 12.2 Å². The number of rotatable bonds is 10. The third-order valence-corrected chi connectivity index (χ3v) is 3.76. The van der Waals surface area contributed by atoms with Crippen LogP contribution in [0.15, 0.2) is 0 Å². The SMILES string of the molecule is CCOCC(O)CN1CCCN(CC(O)COC(C)C)CC1. The molecule has 2 atom stereocenters. The first kappa shape index (κ1) is 19.8. The fourth-order valence-corrected chi connectivity index (χ4v) is 2.65. The summed E-state index contributed by atoms with van der Waals surface area (Å²) >= 11 is 0. The average molecular weight is 318 g/mol. The van der Waals surface area contributed by atoms with Crippen molar-refractivity contribution in [3.05, 3.63) is 0 Å². The molecule has 1 fully saturated rings. The van der Waals surface area contributed by atoms with E-state index in [0.29, 0.717) is 32.9 Å². The minimum atomic E-state index is -0.433. The maximum Gasteiger partial charge on any atom is 0.0900 e. The summed E-state index contributed by atoms with van der Waals surface area (Å²) in [5, 5.41) is 19.9. The lowest BCUT2D eigenvalue weighted by Crippen LogP contribution is -2.40. The predicted octanol–water partition coefficient (Wildman–Crippen LogP) is 0.177. The monoisotopic (exact) mass is 318 g/mol. The van der Waals surface area contributed by atoms with Crippen LogP contribution >= 0.6 is 0 Å². The zero-order valence-corrected chi connectivity index (χ0v) is 14.4. The summed E-state index contributed by atoms with van der Waals surface area (Å²) in [7, 11) is 0. The van der Waals surface area contributed by atoms with Crippen molar-refractivity contribution in [3.63, 3.8) is 0 Å². The summed E-state index contributed by atoms with van der Waals surface area (Å²) in [6, 6.07) is 0. The van der Waals surface area contributed by atoms with Gasteiger partial charge < -0.3 is 19.7 Å². The molecule has 1 saturated heterocycles. The lowest BCUT2D eigenvalue weighted by Gasteiger charge is -2.25. The zero-order chi connectivity index (χ0) is 16.4. The summed E-state index contributed by atoms with van der Waals surface area (Å²) in [5.74, 6) is 0. The second-order valence-electron chi connectivity index (χ2n) is 6.30. The maximum atomic E-state index is 10.0. The molecule has 6 nitrogen and oxygen atoms in total. The molecule has 2 N–H and O–H groups in total. The van der Waals surface area contributed by atoms with E-state index in [1.807, 2.05) is 20.8 Å². The normalized spacial score (nSPS) is 21.0. The Labute approximate surface area is 135 Å². The Hall–Kier alpha value is -0.240. The van der Waals surface area contributed by atoms with Gasteiger partial charge in [0, 0.05) is 32.8 Å². The minimum absolute atomic E-state index is 0.154. The summed E-state index contributed by atoms with van der Waals surface area (Å²) in [4.78, 5) is 4.56. The van der Waals surface area contributed by atoms with Crippen LogP contribution in [0.25, 0.3) is 0 Å². The topological polar surface area (TPSA) is 65.4 Å². The van der Waals surface area contributed by atoms with Gasteiger partial charge in [-0.25, -0.2) is 0 Å². The lowest BCUT2D eigenvalue weighted by atomic mass is 10.3. The van der Waals surface area contributed by atoms with Crippen molar-refractivity contribution in [1.82, 2.24) is 9.80 Å². The van der Waals surface area contributed by atoms with Gasteiger partial charge in [-0.3, -0.25) is 9.80 Å². The molecule has 0 aromatic carbocycles. The standard InChI is InChI=1S/C16H34N2O4/c1-4-21-12-15(19)10-17-6-5-7-18(9-8-17)11-16(20)13-22-14(2)3/h14-16,19-20H,4-13H2,1-3H3. The number of hydrogen-bond donors (Lipinski definition) is 2. The van der Waals surface area contributed by atoms with Gasteiger partial charge in [-0.1, -0.05) is 0 Å². The van der Waals surface area contributed by atoms with Gasteiger partial charge in [0.2, 0.25) is 0 Å². The largest absolute Gasteiger partial charge is 0.389 e. The van der Waals surface area contributed by atoms with Gasteiger partial charge in [0.05, 0.1) is 31.5 Å². The quantitative estimate of drug-likeness (QED) is 0.599. The highest BCUT2D eigenvalue weighted by Gasteiger charge is 2.19. The molecular formula is C16H34N2O4. The Kier molecular flexibility index (Phi) is 10.2. The molecule has 0 aliphatic carbocycles. The van der Waals surface area contributed by atoms with Gasteiger partial charge in [0.25, 0.3) is 0 Å². The van der Waals surface area contributed by atoms with Crippen molar-refractivity contribution in [2.45, 2.75) is 45.5 Å². The van der Waals surface area contributed by atoms with Gasteiger partial charge in [-0.05, 0) is 40.3 Å². The van der Waals surface area contributed by atoms with E-state index in [1.54, 1.807) is 0 Å². The first-order chi connectivity index (χ1) is 10.5. The Morgan fingerprint density at radius 1 is 0.909 bits per heavy atom. The van der Waals surface area contributed by atoms with Crippen LogP contribution in [0, 0.1) is 0 Å². The van der Waals surface area contributed by atoms with Gasteiger partial charge in [-0.2, -0.15) is 0 Å². The Morgan fingerprint density at radius 2 is 1.45 bits per heavy atom. The maximum absolute atomic E-state index is 10.0. The number of aliphatic hydroxyl groups is 2. The van der Waals surface area contributed by atoms with Crippen LogP contribution in [-0.2, 0) is 9.47 Å². The summed E-state index contributed by atoms with van der Waals surface area (Å²) in [5.41, 5.74) is 0. The molecule has 0 aromatic heterocycles. The van der Waals surface area contributed by atoms with E-state index in [9.17, 15) is 10.2 Å². The van der Waals surface area contributed by atoms with E-state index in [1.165, 1.54) is 0 Å². The van der Waals surface area contributed by atoms with Crippen molar-refractivity contribution in [1.29, 1.82) is 0 Å². The van der Waals surface area contributed by atoms with Crippen LogP contribution in [0.1, 0.15) is 27.2 Å². The lowest BCUT2D eigenvalue weighted by molar-refractivity contribution is -0.00837. The fraction of sp³-hybridized carbons (Fsp3) is 1.00. The highest BCUT2D eigenvalue weighted by Crippen LogP contribution is 2.06. The third kappa shape index (κ3) is 9.02. The Balaban J connectivity index is 2.24. The zero-order valence-electron chi connectivity index (χ0n) is 14.4. The van der Waals surface area contributed by atoms with E-state index >= 15 is 0 Å². The van der Waals surface area contributed by atoms with Crippen LogP contribution in [0.3, 0.4) is 0 Å². The second kappa shape index (κ2) is 11.3. The summed E-state index contributed by atoms with van der Waals surface area (Å²) in [6.45, 7) is 12.4. The molecule has 0 bridgehead atoms. The van der Waals surface area contributed by atoms with Crippen LogP contribution < -0.4 is 0 Å². The Bertz CT molecular complexity index is 279. The molecule has 1 heterocycles. The van der Waals surface area contributed by atoms with Crippen LogP contribution in [0.5, 0.6) is 0 Å². The van der Waals surface area contributed by atoms with Gasteiger partial charge in [-0.15, -0.1) is 0 Å². The molecule has 0 saturated carbocycles. The number of β-amino-alcohol motifs (C(OH)–C–C–N with tert-alkyl or cyclic N) is 2. The molecule has 6 heteroatoms. The van der Waals surface area contributed by atoms with Crippen LogP contribution in [-0.4, -0.2) is 97.4 Å². The Morgan fingerprint density at radius 3 is 1.95 bits per heavy atom. The van der Waals surface area contributed by atoms with Gasteiger partial charge in [0.15, 0.2) is 0 Å². The van der Waals surface area contributed by atoms with Crippen molar-refractivity contribution in [2.24, 2.45) is 0 Å². The molecule has 0 spiro atoms. The van der Waals surface area contributed by atoms with E-state index in [-0.39, 0.29) is 6.10 Å². The van der Waals surface area contributed by atoms with Crippen molar-refractivity contribution in [3.8, 4) is 0 Å².